The van der Waals surface area contributed by atoms with Crippen LogP contribution in [0.5, 0.6) is 0 Å². The van der Waals surface area contributed by atoms with Crippen LogP contribution in [0.2, 0.25) is 10.0 Å². The SMILES string of the molecule is CNS(=O)(=O)c1cc(C(=O)OCc2ccc(Cl)c(Cl)c2)n(C)c1. The highest BCUT2D eigenvalue weighted by molar-refractivity contribution is 7.89. The summed E-state index contributed by atoms with van der Waals surface area (Å²) in [5.74, 6) is -0.642. The molecule has 0 aliphatic rings. The number of aromatic nitrogens is 1. The van der Waals surface area contributed by atoms with Crippen molar-refractivity contribution >= 4 is 39.2 Å². The van der Waals surface area contributed by atoms with Crippen LogP contribution in [-0.2, 0) is 28.4 Å². The van der Waals surface area contributed by atoms with Crippen LogP contribution in [0.15, 0.2) is 35.4 Å². The summed E-state index contributed by atoms with van der Waals surface area (Å²) in [7, 11) is -0.765. The van der Waals surface area contributed by atoms with Gasteiger partial charge in [0, 0.05) is 13.2 Å². The average molecular weight is 377 g/mol. The van der Waals surface area contributed by atoms with E-state index in [0.717, 1.165) is 0 Å². The van der Waals surface area contributed by atoms with Gasteiger partial charge in [-0.15, -0.1) is 0 Å². The molecule has 1 aromatic carbocycles. The molecule has 0 bridgehead atoms. The molecule has 23 heavy (non-hydrogen) atoms. The lowest BCUT2D eigenvalue weighted by molar-refractivity contribution is 0.0461. The Morgan fingerprint density at radius 1 is 1.26 bits per heavy atom. The first-order chi connectivity index (χ1) is 10.7. The van der Waals surface area contributed by atoms with Gasteiger partial charge in [-0.1, -0.05) is 29.3 Å². The Labute approximate surface area is 144 Å². The Balaban J connectivity index is 2.13. The molecule has 0 saturated carbocycles. The molecule has 0 radical (unpaired) electrons. The molecule has 0 aliphatic heterocycles. The number of benzene rings is 1. The van der Waals surface area contributed by atoms with E-state index >= 15 is 0 Å². The molecule has 1 N–H and O–H groups in total. The van der Waals surface area contributed by atoms with Crippen molar-refractivity contribution in [1.82, 2.24) is 9.29 Å². The second kappa shape index (κ2) is 6.92. The third-order valence-corrected chi connectivity index (χ3v) is 5.24. The number of carbonyl (C=O) groups excluding carboxylic acids is 1. The van der Waals surface area contributed by atoms with Gasteiger partial charge in [-0.3, -0.25) is 0 Å². The minimum atomic E-state index is -3.62. The van der Waals surface area contributed by atoms with E-state index in [9.17, 15) is 13.2 Å². The van der Waals surface area contributed by atoms with Crippen LogP contribution < -0.4 is 4.72 Å². The van der Waals surface area contributed by atoms with Crippen molar-refractivity contribution in [2.24, 2.45) is 7.05 Å². The lowest BCUT2D eigenvalue weighted by atomic mass is 10.2. The van der Waals surface area contributed by atoms with Gasteiger partial charge < -0.3 is 9.30 Å². The highest BCUT2D eigenvalue weighted by Gasteiger charge is 2.20. The smallest absolute Gasteiger partial charge is 0.355 e. The van der Waals surface area contributed by atoms with Crippen LogP contribution in [0.1, 0.15) is 16.1 Å². The quantitative estimate of drug-likeness (QED) is 0.813. The van der Waals surface area contributed by atoms with E-state index in [4.69, 9.17) is 27.9 Å². The summed E-state index contributed by atoms with van der Waals surface area (Å²) < 4.78 is 32.2. The lowest BCUT2D eigenvalue weighted by Gasteiger charge is -2.06. The summed E-state index contributed by atoms with van der Waals surface area (Å²) in [6.07, 6.45) is 1.33. The first-order valence-corrected chi connectivity index (χ1v) is 8.69. The molecule has 6 nitrogen and oxygen atoms in total. The van der Waals surface area contributed by atoms with E-state index in [-0.39, 0.29) is 17.2 Å². The fraction of sp³-hybridized carbons (Fsp3) is 0.214. The third kappa shape index (κ3) is 4.06. The average Bonchev–Trinajstić information content (AvgIpc) is 2.91. The molecule has 2 aromatic rings. The normalized spacial score (nSPS) is 11.5. The number of nitrogens with one attached hydrogen (secondary N) is 1. The minimum absolute atomic E-state index is 0.00495. The Morgan fingerprint density at radius 3 is 2.57 bits per heavy atom. The summed E-state index contributed by atoms with van der Waals surface area (Å²) >= 11 is 11.7. The molecule has 124 valence electrons. The van der Waals surface area contributed by atoms with Crippen LogP contribution >= 0.6 is 23.2 Å². The van der Waals surface area contributed by atoms with E-state index in [1.807, 2.05) is 0 Å². The predicted octanol–water partition coefficient (Wildman–Crippen LogP) is 2.60. The molecule has 9 heteroatoms. The highest BCUT2D eigenvalue weighted by Crippen LogP contribution is 2.23. The third-order valence-electron chi connectivity index (χ3n) is 3.12. The van der Waals surface area contributed by atoms with E-state index < -0.39 is 16.0 Å². The van der Waals surface area contributed by atoms with Gasteiger partial charge in [0.1, 0.15) is 17.2 Å². The van der Waals surface area contributed by atoms with Crippen LogP contribution in [0.4, 0.5) is 0 Å². The van der Waals surface area contributed by atoms with Gasteiger partial charge in [0.15, 0.2) is 0 Å². The largest absolute Gasteiger partial charge is 0.456 e. The Hall–Kier alpha value is -1.54. The number of aryl methyl sites for hydroxylation is 1. The number of carbonyl (C=O) groups is 1. The zero-order chi connectivity index (χ0) is 17.2. The number of esters is 1. The zero-order valence-electron chi connectivity index (χ0n) is 12.3. The molecule has 0 unspecified atom stereocenters. The Kier molecular flexibility index (Phi) is 5.36. The molecule has 0 aliphatic carbocycles. The van der Waals surface area contributed by atoms with Crippen LogP contribution in [0.25, 0.3) is 0 Å². The number of halogens is 2. The van der Waals surface area contributed by atoms with E-state index in [1.165, 1.54) is 23.9 Å². The molecule has 0 atom stereocenters. The van der Waals surface area contributed by atoms with Gasteiger partial charge in [-0.25, -0.2) is 17.9 Å². The standard InChI is InChI=1S/C14H14Cl2N2O4S/c1-17-23(20,21)10-6-13(18(2)7-10)14(19)22-8-9-3-4-11(15)12(16)5-9/h3-7,17H,8H2,1-2H3. The Bertz CT molecular complexity index is 846. The van der Waals surface area contributed by atoms with Gasteiger partial charge in [-0.2, -0.15) is 0 Å². The second-order valence-corrected chi connectivity index (χ2v) is 7.41. The van der Waals surface area contributed by atoms with E-state index in [0.29, 0.717) is 15.6 Å². The lowest BCUT2D eigenvalue weighted by Crippen LogP contribution is -2.17. The van der Waals surface area contributed by atoms with Crippen LogP contribution in [0, 0.1) is 0 Å². The molecular weight excluding hydrogens is 363 g/mol. The van der Waals surface area contributed by atoms with Crippen molar-refractivity contribution in [1.29, 1.82) is 0 Å². The summed E-state index contributed by atoms with van der Waals surface area (Å²) in [6.45, 7) is -0.00495. The van der Waals surface area contributed by atoms with Crippen LogP contribution in [-0.4, -0.2) is 26.0 Å². The summed E-state index contributed by atoms with van der Waals surface area (Å²) in [6, 6.07) is 6.14. The summed E-state index contributed by atoms with van der Waals surface area (Å²) in [4.78, 5) is 12.1. The molecule has 0 amide bonds. The Morgan fingerprint density at radius 2 is 1.96 bits per heavy atom. The number of nitrogens with zero attached hydrogens (tertiary/aromatic N) is 1. The van der Waals surface area contributed by atoms with Gasteiger partial charge >= 0.3 is 5.97 Å². The predicted molar refractivity (Wildman–Crippen MR) is 87.2 cm³/mol. The van der Waals surface area contributed by atoms with Gasteiger partial charge in [0.25, 0.3) is 0 Å². The molecule has 0 saturated heterocycles. The highest BCUT2D eigenvalue weighted by atomic mass is 35.5. The first kappa shape index (κ1) is 17.8. The van der Waals surface area contributed by atoms with E-state index in [2.05, 4.69) is 4.72 Å². The first-order valence-electron chi connectivity index (χ1n) is 6.45. The second-order valence-electron chi connectivity index (χ2n) is 4.70. The van der Waals surface area contributed by atoms with Crippen LogP contribution in [0.3, 0.4) is 0 Å². The monoisotopic (exact) mass is 376 g/mol. The molecular formula is C14H14Cl2N2O4S. The summed E-state index contributed by atoms with van der Waals surface area (Å²) in [5, 5.41) is 0.771. The van der Waals surface area contributed by atoms with Gasteiger partial charge in [0.2, 0.25) is 10.0 Å². The fourth-order valence-corrected chi connectivity index (χ4v) is 2.97. The molecule has 2 rings (SSSR count). The van der Waals surface area contributed by atoms with Crippen molar-refractivity contribution in [3.05, 3.63) is 51.8 Å². The number of sulfonamides is 1. The van der Waals surface area contributed by atoms with Crippen molar-refractivity contribution < 1.29 is 17.9 Å². The number of hydrogen-bond acceptors (Lipinski definition) is 4. The van der Waals surface area contributed by atoms with Crippen molar-refractivity contribution in [3.63, 3.8) is 0 Å². The number of ether oxygens (including phenoxy) is 1. The van der Waals surface area contributed by atoms with Crippen molar-refractivity contribution in [2.45, 2.75) is 11.5 Å². The summed E-state index contributed by atoms with van der Waals surface area (Å²) in [5.41, 5.74) is 0.795. The topological polar surface area (TPSA) is 77.4 Å². The molecule has 0 spiro atoms. The van der Waals surface area contributed by atoms with Crippen molar-refractivity contribution in [2.75, 3.05) is 7.05 Å². The zero-order valence-corrected chi connectivity index (χ0v) is 14.7. The molecule has 1 aromatic heterocycles. The van der Waals surface area contributed by atoms with E-state index in [1.54, 1.807) is 25.2 Å². The van der Waals surface area contributed by atoms with Gasteiger partial charge in [0.05, 0.1) is 10.0 Å². The minimum Gasteiger partial charge on any atom is -0.456 e. The maximum atomic E-state index is 12.1. The molecule has 0 fully saturated rings. The van der Waals surface area contributed by atoms with Crippen molar-refractivity contribution in [3.8, 4) is 0 Å². The van der Waals surface area contributed by atoms with Gasteiger partial charge in [-0.05, 0) is 30.8 Å². The number of rotatable bonds is 5. The maximum absolute atomic E-state index is 12.1. The fourth-order valence-electron chi connectivity index (χ4n) is 1.85. The number of hydrogen-bond donors (Lipinski definition) is 1. The maximum Gasteiger partial charge on any atom is 0.355 e. The molecule has 1 heterocycles.